The lowest BCUT2D eigenvalue weighted by molar-refractivity contribution is 0.0238. The van der Waals surface area contributed by atoms with E-state index in [0.717, 1.165) is 56.4 Å². The summed E-state index contributed by atoms with van der Waals surface area (Å²) in [5, 5.41) is 0. The van der Waals surface area contributed by atoms with E-state index in [1.54, 1.807) is 0 Å². The second-order valence-corrected chi connectivity index (χ2v) is 12.5. The van der Waals surface area contributed by atoms with Crippen LogP contribution in [0.25, 0.3) is 0 Å². The van der Waals surface area contributed by atoms with Gasteiger partial charge in [-0.1, -0.05) is 61.8 Å². The van der Waals surface area contributed by atoms with Crippen LogP contribution in [-0.2, 0) is 4.74 Å². The molecule has 264 valence electrons. The molecule has 0 bridgehead atoms. The van der Waals surface area contributed by atoms with Crippen LogP contribution in [0.15, 0.2) is 0 Å². The van der Waals surface area contributed by atoms with Crippen molar-refractivity contribution < 1.29 is 4.74 Å². The number of ether oxygens (including phenoxy) is 1. The van der Waals surface area contributed by atoms with Crippen molar-refractivity contribution in [1.29, 1.82) is 0 Å². The predicted molar refractivity (Wildman–Crippen MR) is 198 cm³/mol. The van der Waals surface area contributed by atoms with Crippen molar-refractivity contribution in [3.63, 3.8) is 0 Å². The van der Waals surface area contributed by atoms with Gasteiger partial charge in [0.05, 0.1) is 13.2 Å². The van der Waals surface area contributed by atoms with Gasteiger partial charge in [0.2, 0.25) is 0 Å². The van der Waals surface area contributed by atoms with E-state index in [2.05, 4.69) is 75.0 Å². The first-order valence-electron chi connectivity index (χ1n) is 19.3. The van der Waals surface area contributed by atoms with E-state index in [4.69, 9.17) is 4.74 Å². The molecule has 1 aliphatic carbocycles. The minimum atomic E-state index is 0.689. The molecular weight excluding hydrogens is 528 g/mol. The third-order valence-electron chi connectivity index (χ3n) is 8.50. The summed E-state index contributed by atoms with van der Waals surface area (Å²) in [6.07, 6.45) is 10.1. The average molecular weight is 615 g/mol. The fourth-order valence-electron chi connectivity index (χ4n) is 5.86. The van der Waals surface area contributed by atoms with Crippen molar-refractivity contribution in [3.8, 4) is 0 Å². The molecule has 1 saturated carbocycles. The van der Waals surface area contributed by atoms with Crippen molar-refractivity contribution in [2.75, 3.05) is 59.0 Å². The van der Waals surface area contributed by atoms with Gasteiger partial charge < -0.3 is 14.5 Å². The van der Waals surface area contributed by atoms with E-state index in [1.807, 2.05) is 55.4 Å². The Balaban J connectivity index is -0.000000460. The zero-order valence-corrected chi connectivity index (χ0v) is 33.0. The van der Waals surface area contributed by atoms with Gasteiger partial charge in [0.1, 0.15) is 0 Å². The SMILES string of the molecule is CC.CC.CC.CC.CC(C)N1CCC2CC21.CC(C)N1CCCC1.CC(C)N1CCCCC1.CC(C)N1CCOCC1. The summed E-state index contributed by atoms with van der Waals surface area (Å²) in [6.45, 7) is 44.9. The van der Waals surface area contributed by atoms with Crippen molar-refractivity contribution in [2.24, 2.45) is 5.92 Å². The number of fused-ring (bicyclic) bond motifs is 1. The van der Waals surface area contributed by atoms with E-state index in [9.17, 15) is 0 Å². The molecule has 0 spiro atoms. The molecule has 4 saturated heterocycles. The van der Waals surface area contributed by atoms with Gasteiger partial charge in [-0.15, -0.1) is 0 Å². The highest BCUT2D eigenvalue weighted by molar-refractivity contribution is 5.01. The molecule has 0 amide bonds. The Labute approximate surface area is 274 Å². The van der Waals surface area contributed by atoms with Crippen LogP contribution in [0.1, 0.15) is 156 Å². The third-order valence-corrected chi connectivity index (χ3v) is 8.50. The maximum absolute atomic E-state index is 5.21. The number of likely N-dealkylation sites (tertiary alicyclic amines) is 3. The first kappa shape index (κ1) is 47.2. The Morgan fingerprint density at radius 3 is 1.00 bits per heavy atom. The molecule has 0 aromatic carbocycles. The fourth-order valence-corrected chi connectivity index (χ4v) is 5.86. The molecule has 0 aromatic heterocycles. The highest BCUT2D eigenvalue weighted by atomic mass is 16.5. The lowest BCUT2D eigenvalue weighted by atomic mass is 10.1. The van der Waals surface area contributed by atoms with Gasteiger partial charge >= 0.3 is 0 Å². The largest absolute Gasteiger partial charge is 0.379 e. The third kappa shape index (κ3) is 22.9. The van der Waals surface area contributed by atoms with Gasteiger partial charge in [0.25, 0.3) is 0 Å². The Kier molecular flexibility index (Phi) is 34.9. The molecule has 5 rings (SSSR count). The van der Waals surface area contributed by atoms with Crippen LogP contribution in [0.4, 0.5) is 0 Å². The van der Waals surface area contributed by atoms with Gasteiger partial charge in [-0.3, -0.25) is 9.80 Å². The van der Waals surface area contributed by atoms with E-state index in [-0.39, 0.29) is 0 Å². The summed E-state index contributed by atoms with van der Waals surface area (Å²) < 4.78 is 5.21. The van der Waals surface area contributed by atoms with E-state index in [0.29, 0.717) is 6.04 Å². The second-order valence-electron chi connectivity index (χ2n) is 12.5. The summed E-state index contributed by atoms with van der Waals surface area (Å²) in [4.78, 5) is 10.2. The predicted octanol–water partition coefficient (Wildman–Crippen LogP) is 9.69. The standard InChI is InChI=1S/C8H15N.C8H17N.C7H15NO.C7H15N.4C2H6/c1-6(2)9-4-3-7-5-8(7)9;1-8(2)9-6-4-3-5-7-9;1-7(2)8-3-5-9-6-4-8;1-7(2)8-5-3-4-6-8;4*1-2/h6-8H,3-5H2,1-2H3;8H,3-7H2,1-2H3;7H,3-6H2,1-2H3;7H,3-6H2,1-2H3;4*1-2H3. The maximum atomic E-state index is 5.21. The quantitative estimate of drug-likeness (QED) is 0.313. The Morgan fingerprint density at radius 1 is 0.442 bits per heavy atom. The second kappa shape index (κ2) is 31.8. The van der Waals surface area contributed by atoms with Crippen LogP contribution in [0, 0.1) is 5.92 Å². The van der Waals surface area contributed by atoms with Crippen LogP contribution >= 0.6 is 0 Å². The first-order chi connectivity index (χ1) is 20.7. The first-order valence-corrected chi connectivity index (χ1v) is 19.3. The van der Waals surface area contributed by atoms with Crippen LogP contribution in [0.2, 0.25) is 0 Å². The number of rotatable bonds is 4. The Morgan fingerprint density at radius 2 is 0.791 bits per heavy atom. The van der Waals surface area contributed by atoms with Gasteiger partial charge in [0.15, 0.2) is 0 Å². The Hall–Kier alpha value is -0.200. The van der Waals surface area contributed by atoms with Crippen molar-refractivity contribution in [3.05, 3.63) is 0 Å². The summed E-state index contributed by atoms with van der Waals surface area (Å²) in [7, 11) is 0. The van der Waals surface area contributed by atoms with Crippen LogP contribution in [0.3, 0.4) is 0 Å². The maximum Gasteiger partial charge on any atom is 0.0594 e. The fraction of sp³-hybridized carbons (Fsp3) is 1.00. The van der Waals surface area contributed by atoms with Gasteiger partial charge in [-0.2, -0.15) is 0 Å². The molecule has 0 aromatic rings. The van der Waals surface area contributed by atoms with Gasteiger partial charge in [-0.25, -0.2) is 0 Å². The highest BCUT2D eigenvalue weighted by Gasteiger charge is 2.47. The van der Waals surface area contributed by atoms with Gasteiger partial charge in [0, 0.05) is 43.3 Å². The summed E-state index contributed by atoms with van der Waals surface area (Å²) in [6, 6.07) is 4.03. The summed E-state index contributed by atoms with van der Waals surface area (Å²) in [5.41, 5.74) is 0. The Bertz CT molecular complexity index is 500. The van der Waals surface area contributed by atoms with Crippen LogP contribution < -0.4 is 0 Å². The summed E-state index contributed by atoms with van der Waals surface area (Å²) >= 11 is 0. The van der Waals surface area contributed by atoms with Crippen molar-refractivity contribution in [1.82, 2.24) is 19.6 Å². The molecule has 5 nitrogen and oxygen atoms in total. The molecule has 4 aliphatic heterocycles. The average Bonchev–Trinajstić information content (AvgIpc) is 3.41. The lowest BCUT2D eigenvalue weighted by Crippen LogP contribution is -2.40. The lowest BCUT2D eigenvalue weighted by Gasteiger charge is -2.29. The number of hydrogen-bond acceptors (Lipinski definition) is 5. The van der Waals surface area contributed by atoms with Gasteiger partial charge in [-0.05, 0) is 133 Å². The molecule has 2 atom stereocenters. The molecular formula is C38H86N4O. The normalized spacial score (nSPS) is 23.2. The molecule has 2 unspecified atom stereocenters. The highest BCUT2D eigenvalue weighted by Crippen LogP contribution is 2.45. The van der Waals surface area contributed by atoms with E-state index < -0.39 is 0 Å². The molecule has 43 heavy (non-hydrogen) atoms. The topological polar surface area (TPSA) is 22.2 Å². The minimum Gasteiger partial charge on any atom is -0.379 e. The minimum absolute atomic E-state index is 0.689. The van der Waals surface area contributed by atoms with E-state index >= 15 is 0 Å². The monoisotopic (exact) mass is 615 g/mol. The van der Waals surface area contributed by atoms with Crippen molar-refractivity contribution in [2.45, 2.75) is 186 Å². The molecule has 0 radical (unpaired) electrons. The molecule has 4 heterocycles. The van der Waals surface area contributed by atoms with Crippen molar-refractivity contribution >= 4 is 0 Å². The number of piperidine rings is 2. The van der Waals surface area contributed by atoms with Crippen LogP contribution in [0.5, 0.6) is 0 Å². The zero-order valence-electron chi connectivity index (χ0n) is 33.0. The zero-order chi connectivity index (χ0) is 33.8. The number of nitrogens with zero attached hydrogens (tertiary/aromatic N) is 4. The van der Waals surface area contributed by atoms with E-state index in [1.165, 1.54) is 77.7 Å². The smallest absolute Gasteiger partial charge is 0.0594 e. The summed E-state index contributed by atoms with van der Waals surface area (Å²) in [5.74, 6) is 1.10. The number of hydrogen-bond donors (Lipinski definition) is 0. The molecule has 5 fully saturated rings. The van der Waals surface area contributed by atoms with Crippen LogP contribution in [-0.4, -0.2) is 109 Å². The molecule has 5 aliphatic rings. The number of morpholine rings is 1. The molecule has 0 N–H and O–H groups in total. The molecule has 5 heteroatoms.